The van der Waals surface area contributed by atoms with Gasteiger partial charge in [0.2, 0.25) is 0 Å². The van der Waals surface area contributed by atoms with Crippen molar-refractivity contribution in [3.05, 3.63) is 64.0 Å². The van der Waals surface area contributed by atoms with Crippen molar-refractivity contribution in [2.24, 2.45) is 5.41 Å². The number of ether oxygens (including phenoxy) is 1. The summed E-state index contributed by atoms with van der Waals surface area (Å²) in [7, 11) is 0. The van der Waals surface area contributed by atoms with E-state index in [0.29, 0.717) is 32.5 Å². The van der Waals surface area contributed by atoms with Crippen molar-refractivity contribution in [2.45, 2.75) is 32.8 Å². The highest BCUT2D eigenvalue weighted by molar-refractivity contribution is 6.35. The summed E-state index contributed by atoms with van der Waals surface area (Å²) in [5.74, 6) is -0.795. The summed E-state index contributed by atoms with van der Waals surface area (Å²) in [5, 5.41) is 7.91. The van der Waals surface area contributed by atoms with Gasteiger partial charge in [-0.15, -0.1) is 0 Å². The van der Waals surface area contributed by atoms with E-state index in [4.69, 9.17) is 27.9 Å². The molecule has 5 heterocycles. The zero-order valence-corrected chi connectivity index (χ0v) is 23.2. The van der Waals surface area contributed by atoms with Gasteiger partial charge in [0, 0.05) is 54.8 Å². The summed E-state index contributed by atoms with van der Waals surface area (Å²) in [4.78, 5) is 12.8. The first-order chi connectivity index (χ1) is 18.7. The average Bonchev–Trinajstić information content (AvgIpc) is 3.54. The van der Waals surface area contributed by atoms with Crippen LogP contribution >= 0.6 is 23.2 Å². The fourth-order valence-corrected chi connectivity index (χ4v) is 6.48. The van der Waals surface area contributed by atoms with Crippen LogP contribution in [0.2, 0.25) is 10.0 Å². The third kappa shape index (κ3) is 4.92. The van der Waals surface area contributed by atoms with Crippen LogP contribution in [-0.4, -0.2) is 57.8 Å². The topological polar surface area (TPSA) is 70.2 Å². The normalized spacial score (nSPS) is 17.9. The van der Waals surface area contributed by atoms with Crippen LogP contribution in [0, 0.1) is 17.0 Å². The SMILES string of the molecule is C[C@@H](Oc1ccc2[nH]nc(-c3cnc(N4CC(C)(CN5CCCC5)C4)c(F)c3)c2c1F)c1c(Cl)cncc1Cl. The van der Waals surface area contributed by atoms with Gasteiger partial charge in [0.1, 0.15) is 11.8 Å². The van der Waals surface area contributed by atoms with Crippen molar-refractivity contribution in [2.75, 3.05) is 37.6 Å². The Morgan fingerprint density at radius 1 is 1.10 bits per heavy atom. The fourth-order valence-electron chi connectivity index (χ4n) is 5.81. The predicted octanol–water partition coefficient (Wildman–Crippen LogP) is 6.67. The number of likely N-dealkylation sites (tertiary alicyclic amines) is 1. The van der Waals surface area contributed by atoms with Crippen LogP contribution < -0.4 is 9.64 Å². The lowest BCUT2D eigenvalue weighted by Crippen LogP contribution is -2.59. The monoisotopic (exact) mass is 572 g/mol. The number of rotatable bonds is 7. The minimum atomic E-state index is -0.652. The summed E-state index contributed by atoms with van der Waals surface area (Å²) in [6, 6.07) is 4.52. The van der Waals surface area contributed by atoms with Gasteiger partial charge in [-0.25, -0.2) is 13.8 Å². The molecule has 6 rings (SSSR count). The number of halogens is 4. The molecule has 3 aromatic heterocycles. The highest BCUT2D eigenvalue weighted by atomic mass is 35.5. The molecule has 7 nitrogen and oxygen atoms in total. The first-order valence-corrected chi connectivity index (χ1v) is 13.7. The second kappa shape index (κ2) is 10.2. The van der Waals surface area contributed by atoms with E-state index in [0.717, 1.165) is 32.7 Å². The number of nitrogens with zero attached hydrogens (tertiary/aromatic N) is 5. The molecule has 0 amide bonds. The Morgan fingerprint density at radius 2 is 1.82 bits per heavy atom. The Labute approximate surface area is 235 Å². The smallest absolute Gasteiger partial charge is 0.176 e. The van der Waals surface area contributed by atoms with Gasteiger partial charge >= 0.3 is 0 Å². The van der Waals surface area contributed by atoms with Crippen LogP contribution in [0.5, 0.6) is 5.75 Å². The van der Waals surface area contributed by atoms with E-state index in [1.165, 1.54) is 43.6 Å². The van der Waals surface area contributed by atoms with E-state index >= 15 is 8.78 Å². The average molecular weight is 573 g/mol. The second-order valence-electron chi connectivity index (χ2n) is 10.8. The van der Waals surface area contributed by atoms with Crippen molar-refractivity contribution < 1.29 is 13.5 Å². The Bertz CT molecular complexity index is 1510. The number of pyridine rings is 2. The van der Waals surface area contributed by atoms with E-state index < -0.39 is 17.7 Å². The number of nitrogens with one attached hydrogen (secondary N) is 1. The molecule has 0 aliphatic carbocycles. The first-order valence-electron chi connectivity index (χ1n) is 13.0. The third-order valence-corrected chi connectivity index (χ3v) is 8.18. The van der Waals surface area contributed by atoms with Gasteiger partial charge in [-0.1, -0.05) is 30.1 Å². The maximum Gasteiger partial charge on any atom is 0.176 e. The highest BCUT2D eigenvalue weighted by Gasteiger charge is 2.42. The highest BCUT2D eigenvalue weighted by Crippen LogP contribution is 2.39. The summed E-state index contributed by atoms with van der Waals surface area (Å²) in [6.45, 7) is 8.75. The molecule has 2 aliphatic rings. The molecule has 0 bridgehead atoms. The summed E-state index contributed by atoms with van der Waals surface area (Å²) < 4.78 is 37.0. The van der Waals surface area contributed by atoms with E-state index in [1.807, 2.05) is 4.90 Å². The van der Waals surface area contributed by atoms with Crippen molar-refractivity contribution >= 4 is 39.9 Å². The predicted molar refractivity (Wildman–Crippen MR) is 149 cm³/mol. The lowest BCUT2D eigenvalue weighted by Gasteiger charge is -2.50. The van der Waals surface area contributed by atoms with Gasteiger partial charge in [0.15, 0.2) is 23.2 Å². The summed E-state index contributed by atoms with van der Waals surface area (Å²) in [5.41, 5.74) is 1.70. The lowest BCUT2D eigenvalue weighted by atomic mass is 9.81. The van der Waals surface area contributed by atoms with E-state index in [9.17, 15) is 0 Å². The van der Waals surface area contributed by atoms with Crippen molar-refractivity contribution in [3.63, 3.8) is 0 Å². The van der Waals surface area contributed by atoms with E-state index in [2.05, 4.69) is 32.0 Å². The van der Waals surface area contributed by atoms with Gasteiger partial charge in [-0.05, 0) is 51.1 Å². The standard InChI is InChI=1S/C28H28Cl2F2N6O/c1-16(23-18(29)11-33-12-19(23)30)39-22-6-5-21-24(25(22)32)26(36-35-21)17-9-20(31)27(34-10-17)38-14-28(2,15-38)13-37-7-3-4-8-37/h5-6,9-12,16H,3-4,7-8,13-15H2,1-2H3,(H,35,36)/t16-/m1/s1. The van der Waals surface area contributed by atoms with Crippen LogP contribution in [0.25, 0.3) is 22.2 Å². The molecule has 0 saturated carbocycles. The van der Waals surface area contributed by atoms with E-state index in [-0.39, 0.29) is 22.2 Å². The Balaban J connectivity index is 1.24. The maximum absolute atomic E-state index is 15.8. The molecule has 2 aliphatic heterocycles. The van der Waals surface area contributed by atoms with E-state index in [1.54, 1.807) is 13.0 Å². The third-order valence-electron chi connectivity index (χ3n) is 7.58. The number of H-pyrrole nitrogens is 1. The zero-order chi connectivity index (χ0) is 27.3. The van der Waals surface area contributed by atoms with Crippen molar-refractivity contribution in [1.82, 2.24) is 25.1 Å². The largest absolute Gasteiger partial charge is 0.483 e. The number of hydrogen-bond acceptors (Lipinski definition) is 6. The number of anilines is 1. The summed E-state index contributed by atoms with van der Waals surface area (Å²) >= 11 is 12.5. The Hall–Kier alpha value is -3.01. The van der Waals surface area contributed by atoms with Gasteiger partial charge < -0.3 is 14.5 Å². The maximum atomic E-state index is 15.8. The van der Waals surface area contributed by atoms with Crippen LogP contribution in [0.3, 0.4) is 0 Å². The van der Waals surface area contributed by atoms with Crippen LogP contribution in [0.4, 0.5) is 14.6 Å². The van der Waals surface area contributed by atoms with Gasteiger partial charge in [-0.3, -0.25) is 10.1 Å². The molecule has 39 heavy (non-hydrogen) atoms. The quantitative estimate of drug-likeness (QED) is 0.267. The number of hydrogen-bond donors (Lipinski definition) is 1. The van der Waals surface area contributed by atoms with Gasteiger partial charge in [-0.2, -0.15) is 5.10 Å². The number of fused-ring (bicyclic) bond motifs is 1. The van der Waals surface area contributed by atoms with Crippen LogP contribution in [-0.2, 0) is 0 Å². The minimum Gasteiger partial charge on any atom is -0.483 e. The number of aromatic amines is 1. The minimum absolute atomic E-state index is 0.00971. The first kappa shape index (κ1) is 26.2. The molecule has 0 spiro atoms. The Morgan fingerprint density at radius 3 is 2.51 bits per heavy atom. The summed E-state index contributed by atoms with van der Waals surface area (Å²) in [6.07, 6.45) is 6.29. The zero-order valence-electron chi connectivity index (χ0n) is 21.6. The molecule has 2 fully saturated rings. The molecule has 1 atom stereocenters. The molecule has 0 radical (unpaired) electrons. The van der Waals surface area contributed by atoms with Crippen LogP contribution in [0.1, 0.15) is 38.4 Å². The molecule has 1 N–H and O–H groups in total. The van der Waals surface area contributed by atoms with Gasteiger partial charge in [0.25, 0.3) is 0 Å². The van der Waals surface area contributed by atoms with Crippen molar-refractivity contribution in [1.29, 1.82) is 0 Å². The lowest BCUT2D eigenvalue weighted by molar-refractivity contribution is 0.150. The number of aromatic nitrogens is 4. The molecule has 204 valence electrons. The molecule has 0 unspecified atom stereocenters. The molecular formula is C28H28Cl2F2N6O. The second-order valence-corrected chi connectivity index (χ2v) is 11.6. The van der Waals surface area contributed by atoms with Crippen LogP contribution in [0.15, 0.2) is 36.8 Å². The fraction of sp³-hybridized carbons (Fsp3) is 0.393. The van der Waals surface area contributed by atoms with Crippen molar-refractivity contribution in [3.8, 4) is 17.0 Å². The molecule has 1 aromatic carbocycles. The molecular weight excluding hydrogens is 545 g/mol. The number of benzene rings is 1. The molecule has 4 aromatic rings. The molecule has 2 saturated heterocycles. The Kier molecular flexibility index (Phi) is 6.85. The van der Waals surface area contributed by atoms with Gasteiger partial charge in [0.05, 0.1) is 20.9 Å². The molecule has 11 heteroatoms.